The third kappa shape index (κ3) is 3.57. The van der Waals surface area contributed by atoms with Crippen LogP contribution < -0.4 is 5.32 Å². The Morgan fingerprint density at radius 2 is 2.27 bits per heavy atom. The van der Waals surface area contributed by atoms with Crippen LogP contribution in [-0.2, 0) is 0 Å². The summed E-state index contributed by atoms with van der Waals surface area (Å²) in [5.41, 5.74) is 0. The van der Waals surface area contributed by atoms with E-state index in [0.29, 0.717) is 5.92 Å². The molecule has 1 N–H and O–H groups in total. The Hall–Kier alpha value is -0.300. The molecule has 1 heterocycles. The predicted octanol–water partition coefficient (Wildman–Crippen LogP) is 2.20. The Labute approximate surface area is 69.9 Å². The second-order valence-corrected chi connectivity index (χ2v) is 3.74. The summed E-state index contributed by atoms with van der Waals surface area (Å²) in [5, 5.41) is 3.41. The first-order chi connectivity index (χ1) is 5.29. The molecule has 0 amide bonds. The molecule has 1 heteroatoms. The van der Waals surface area contributed by atoms with Crippen LogP contribution in [0, 0.1) is 11.8 Å². The smallest absolute Gasteiger partial charge is 0.00142 e. The molecule has 1 saturated heterocycles. The van der Waals surface area contributed by atoms with E-state index < -0.39 is 0 Å². The minimum absolute atomic E-state index is 0.705. The van der Waals surface area contributed by atoms with Crippen molar-refractivity contribution >= 4 is 0 Å². The molecule has 64 valence electrons. The third-order valence-corrected chi connectivity index (χ3v) is 2.10. The van der Waals surface area contributed by atoms with Gasteiger partial charge in [0, 0.05) is 6.54 Å². The first-order valence-corrected chi connectivity index (χ1v) is 4.68. The van der Waals surface area contributed by atoms with Crippen molar-refractivity contribution in [3.63, 3.8) is 0 Å². The summed E-state index contributed by atoms with van der Waals surface area (Å²) < 4.78 is 0. The molecule has 1 aliphatic rings. The van der Waals surface area contributed by atoms with E-state index in [4.69, 9.17) is 0 Å². The van der Waals surface area contributed by atoms with Crippen LogP contribution in [-0.4, -0.2) is 13.1 Å². The van der Waals surface area contributed by atoms with E-state index in [2.05, 4.69) is 31.3 Å². The summed E-state index contributed by atoms with van der Waals surface area (Å²) in [6, 6.07) is 0. The molecule has 0 aromatic carbocycles. The fourth-order valence-electron chi connectivity index (χ4n) is 1.42. The average Bonchev–Trinajstić information content (AvgIpc) is 2.03. The Morgan fingerprint density at radius 3 is 2.82 bits per heavy atom. The van der Waals surface area contributed by atoms with Gasteiger partial charge < -0.3 is 5.32 Å². The van der Waals surface area contributed by atoms with E-state index in [1.807, 2.05) is 0 Å². The van der Waals surface area contributed by atoms with Gasteiger partial charge in [0.1, 0.15) is 0 Å². The molecule has 1 rings (SSSR count). The number of nitrogens with one attached hydrogen (secondary N) is 1. The number of piperidine rings is 1. The van der Waals surface area contributed by atoms with Gasteiger partial charge in [-0.1, -0.05) is 26.0 Å². The van der Waals surface area contributed by atoms with Crippen molar-refractivity contribution in [3.8, 4) is 0 Å². The van der Waals surface area contributed by atoms with E-state index in [9.17, 15) is 0 Å². The number of rotatable bonds is 2. The van der Waals surface area contributed by atoms with Gasteiger partial charge in [-0.05, 0) is 31.2 Å². The lowest BCUT2D eigenvalue weighted by Gasteiger charge is -2.19. The van der Waals surface area contributed by atoms with Gasteiger partial charge >= 0.3 is 0 Å². The summed E-state index contributed by atoms with van der Waals surface area (Å²) >= 11 is 0. The molecule has 0 radical (unpaired) electrons. The van der Waals surface area contributed by atoms with Crippen molar-refractivity contribution in [2.24, 2.45) is 11.8 Å². The van der Waals surface area contributed by atoms with E-state index >= 15 is 0 Å². The minimum Gasteiger partial charge on any atom is -0.316 e. The van der Waals surface area contributed by atoms with Crippen molar-refractivity contribution in [2.75, 3.05) is 13.1 Å². The number of hydrogen-bond donors (Lipinski definition) is 1. The highest BCUT2D eigenvalue weighted by Gasteiger charge is 2.08. The van der Waals surface area contributed by atoms with Crippen molar-refractivity contribution in [1.82, 2.24) is 5.32 Å². The maximum Gasteiger partial charge on any atom is 0.00142 e. The lowest BCUT2D eigenvalue weighted by molar-refractivity contribution is 0.437. The van der Waals surface area contributed by atoms with Gasteiger partial charge in [0.25, 0.3) is 0 Å². The third-order valence-electron chi connectivity index (χ3n) is 2.10. The Kier molecular flexibility index (Phi) is 3.64. The second-order valence-electron chi connectivity index (χ2n) is 3.74. The normalized spacial score (nSPS) is 26.6. The number of allylic oxidation sites excluding steroid dienone is 1. The van der Waals surface area contributed by atoms with Gasteiger partial charge in [0.15, 0.2) is 0 Å². The molecule has 1 atom stereocenters. The van der Waals surface area contributed by atoms with Crippen LogP contribution in [0.5, 0.6) is 0 Å². The molecular weight excluding hydrogens is 134 g/mol. The topological polar surface area (TPSA) is 12.0 Å². The summed E-state index contributed by atoms with van der Waals surface area (Å²) in [6.45, 7) is 6.86. The molecule has 0 aromatic heterocycles. The van der Waals surface area contributed by atoms with Crippen LogP contribution in [0.25, 0.3) is 0 Å². The summed E-state index contributed by atoms with van der Waals surface area (Å²) in [5.74, 6) is 1.50. The summed E-state index contributed by atoms with van der Waals surface area (Å²) in [4.78, 5) is 0. The standard InChI is InChI=1S/C10H19N/c1-9(2)5-6-10-4-3-7-11-8-10/h5-6,9-11H,3-4,7-8H2,1-2H3/b6-5+. The zero-order valence-corrected chi connectivity index (χ0v) is 7.64. The Bertz CT molecular complexity index is 121. The highest BCUT2D eigenvalue weighted by Crippen LogP contribution is 2.12. The van der Waals surface area contributed by atoms with E-state index in [1.54, 1.807) is 0 Å². The molecule has 11 heavy (non-hydrogen) atoms. The van der Waals surface area contributed by atoms with Crippen LogP contribution in [0.3, 0.4) is 0 Å². The Morgan fingerprint density at radius 1 is 1.45 bits per heavy atom. The zero-order valence-electron chi connectivity index (χ0n) is 7.64. The molecule has 0 aliphatic carbocycles. The van der Waals surface area contributed by atoms with Crippen LogP contribution in [0.4, 0.5) is 0 Å². The van der Waals surface area contributed by atoms with Crippen molar-refractivity contribution in [1.29, 1.82) is 0 Å². The van der Waals surface area contributed by atoms with Crippen molar-refractivity contribution < 1.29 is 0 Å². The van der Waals surface area contributed by atoms with E-state index in [-0.39, 0.29) is 0 Å². The molecule has 1 unspecified atom stereocenters. The molecule has 0 aromatic rings. The monoisotopic (exact) mass is 153 g/mol. The molecule has 1 fully saturated rings. The fourth-order valence-corrected chi connectivity index (χ4v) is 1.42. The fraction of sp³-hybridized carbons (Fsp3) is 0.800. The van der Waals surface area contributed by atoms with Gasteiger partial charge in [-0.3, -0.25) is 0 Å². The van der Waals surface area contributed by atoms with Gasteiger partial charge in [-0.15, -0.1) is 0 Å². The maximum atomic E-state index is 3.41. The zero-order chi connectivity index (χ0) is 8.10. The molecule has 0 bridgehead atoms. The minimum atomic E-state index is 0.705. The van der Waals surface area contributed by atoms with Gasteiger partial charge in [0.05, 0.1) is 0 Å². The summed E-state index contributed by atoms with van der Waals surface area (Å²) in [7, 11) is 0. The highest BCUT2D eigenvalue weighted by atomic mass is 14.9. The molecule has 1 nitrogen and oxygen atoms in total. The van der Waals surface area contributed by atoms with Crippen molar-refractivity contribution in [3.05, 3.63) is 12.2 Å². The lowest BCUT2D eigenvalue weighted by atomic mass is 9.98. The predicted molar refractivity (Wildman–Crippen MR) is 49.6 cm³/mol. The van der Waals surface area contributed by atoms with Crippen LogP contribution in [0.2, 0.25) is 0 Å². The SMILES string of the molecule is CC(C)/C=C/C1CCCNC1. The molecule has 0 spiro atoms. The Balaban J connectivity index is 2.23. The van der Waals surface area contributed by atoms with Gasteiger partial charge in [0.2, 0.25) is 0 Å². The van der Waals surface area contributed by atoms with Gasteiger partial charge in [-0.2, -0.15) is 0 Å². The molecule has 1 aliphatic heterocycles. The first kappa shape index (κ1) is 8.79. The lowest BCUT2D eigenvalue weighted by Crippen LogP contribution is -2.28. The molecule has 0 saturated carbocycles. The largest absolute Gasteiger partial charge is 0.316 e. The van der Waals surface area contributed by atoms with E-state index in [0.717, 1.165) is 5.92 Å². The van der Waals surface area contributed by atoms with Crippen LogP contribution in [0.1, 0.15) is 26.7 Å². The van der Waals surface area contributed by atoms with Crippen LogP contribution >= 0.6 is 0 Å². The maximum absolute atomic E-state index is 3.41. The quantitative estimate of drug-likeness (QED) is 0.600. The first-order valence-electron chi connectivity index (χ1n) is 4.68. The summed E-state index contributed by atoms with van der Waals surface area (Å²) in [6.07, 6.45) is 7.40. The van der Waals surface area contributed by atoms with Gasteiger partial charge in [-0.25, -0.2) is 0 Å². The van der Waals surface area contributed by atoms with E-state index in [1.165, 1.54) is 25.9 Å². The average molecular weight is 153 g/mol. The highest BCUT2D eigenvalue weighted by molar-refractivity contribution is 4.92. The van der Waals surface area contributed by atoms with Crippen molar-refractivity contribution in [2.45, 2.75) is 26.7 Å². The number of hydrogen-bond acceptors (Lipinski definition) is 1. The molecular formula is C10H19N. The van der Waals surface area contributed by atoms with Crippen LogP contribution in [0.15, 0.2) is 12.2 Å². The second kappa shape index (κ2) is 4.55.